The van der Waals surface area contributed by atoms with Crippen LogP contribution in [0.5, 0.6) is 0 Å². The Morgan fingerprint density at radius 2 is 1.78 bits per heavy atom. The van der Waals surface area contributed by atoms with Gasteiger partial charge in [-0.25, -0.2) is 4.98 Å². The SMILES string of the molecule is CN[C@H]1CCCn2nc(C(=O)Nc3cccc(-c4cccc(Nc5nccc6cc(CN7CC[C@@H](O)C7)cnc56)c4Cl)c3Cl)cc21. The lowest BCUT2D eigenvalue weighted by Crippen LogP contribution is -2.24. The number of likely N-dealkylation sites (tertiary alicyclic amines) is 1. The van der Waals surface area contributed by atoms with Crippen molar-refractivity contribution >= 4 is 57.2 Å². The first-order chi connectivity index (χ1) is 22.4. The standard InChI is InChI=1S/C34H34Cl2N8O2/c1-37-25-9-4-13-44-29(25)16-28(42-44)34(46)41-27-8-3-6-24(31(27)36)23-5-2-7-26(30(23)35)40-33-32-21(10-12-38-33)15-20(17-39-32)18-43-14-11-22(45)19-43/h2-3,5-8,10,12,15-17,22,25,37,45H,4,9,11,13-14,18-19H2,1H3,(H,38,40)(H,41,46)/t22-,25+/m1/s1. The van der Waals surface area contributed by atoms with Crippen LogP contribution in [-0.4, -0.2) is 61.9 Å². The predicted molar refractivity (Wildman–Crippen MR) is 182 cm³/mol. The van der Waals surface area contributed by atoms with Gasteiger partial charge >= 0.3 is 0 Å². The fourth-order valence-electron chi connectivity index (χ4n) is 6.37. The molecule has 10 nitrogen and oxygen atoms in total. The first kappa shape index (κ1) is 30.6. The van der Waals surface area contributed by atoms with Gasteiger partial charge in [0, 0.05) is 61.1 Å². The number of anilines is 3. The van der Waals surface area contributed by atoms with Gasteiger partial charge in [0.2, 0.25) is 0 Å². The maximum absolute atomic E-state index is 13.3. The van der Waals surface area contributed by atoms with E-state index in [0.717, 1.165) is 61.1 Å². The van der Waals surface area contributed by atoms with Gasteiger partial charge < -0.3 is 21.1 Å². The van der Waals surface area contributed by atoms with Crippen LogP contribution in [0.4, 0.5) is 17.2 Å². The van der Waals surface area contributed by atoms with Crippen LogP contribution in [-0.2, 0) is 13.1 Å². The second-order valence-electron chi connectivity index (χ2n) is 11.8. The quantitative estimate of drug-likeness (QED) is 0.151. The largest absolute Gasteiger partial charge is 0.392 e. The zero-order valence-electron chi connectivity index (χ0n) is 25.3. The lowest BCUT2D eigenvalue weighted by molar-refractivity contribution is 0.102. The van der Waals surface area contributed by atoms with Gasteiger partial charge in [0.1, 0.15) is 5.52 Å². The maximum atomic E-state index is 13.3. The molecule has 5 heterocycles. The fourth-order valence-corrected chi connectivity index (χ4v) is 6.92. The Hall–Kier alpha value is -4.06. The van der Waals surface area contributed by atoms with Crippen LogP contribution in [0, 0.1) is 0 Å². The summed E-state index contributed by atoms with van der Waals surface area (Å²) in [6.07, 6.45) is 6.15. The predicted octanol–water partition coefficient (Wildman–Crippen LogP) is 6.42. The summed E-state index contributed by atoms with van der Waals surface area (Å²) in [5.74, 6) is 0.253. The monoisotopic (exact) mass is 656 g/mol. The van der Waals surface area contributed by atoms with E-state index in [1.807, 2.05) is 60.4 Å². The Labute approximate surface area is 276 Å². The number of aromatic nitrogens is 4. The molecule has 0 spiro atoms. The molecule has 2 aromatic carbocycles. The van der Waals surface area contributed by atoms with E-state index < -0.39 is 0 Å². The van der Waals surface area contributed by atoms with E-state index in [-0.39, 0.29) is 18.1 Å². The van der Waals surface area contributed by atoms with E-state index in [9.17, 15) is 9.90 Å². The number of nitrogens with one attached hydrogen (secondary N) is 3. The summed E-state index contributed by atoms with van der Waals surface area (Å²) in [6.45, 7) is 3.08. The molecule has 2 atom stereocenters. The normalized spacial score (nSPS) is 18.1. The number of carbonyl (C=O) groups is 1. The van der Waals surface area contributed by atoms with Crippen molar-refractivity contribution in [2.75, 3.05) is 30.8 Å². The van der Waals surface area contributed by atoms with Gasteiger partial charge in [-0.2, -0.15) is 5.10 Å². The minimum atomic E-state index is -0.326. The van der Waals surface area contributed by atoms with Crippen molar-refractivity contribution in [1.29, 1.82) is 0 Å². The van der Waals surface area contributed by atoms with E-state index in [4.69, 9.17) is 28.2 Å². The van der Waals surface area contributed by atoms with Crippen LogP contribution in [0.25, 0.3) is 22.0 Å². The number of pyridine rings is 2. The Morgan fingerprint density at radius 1 is 1.00 bits per heavy atom. The number of rotatable bonds is 8. The van der Waals surface area contributed by atoms with Crippen LogP contribution in [0.1, 0.15) is 47.1 Å². The molecule has 0 bridgehead atoms. The summed E-state index contributed by atoms with van der Waals surface area (Å²) in [5.41, 5.74) is 5.64. The van der Waals surface area contributed by atoms with Gasteiger partial charge in [0.25, 0.3) is 5.91 Å². The molecule has 7 rings (SSSR count). The minimum absolute atomic E-state index is 0.172. The van der Waals surface area contributed by atoms with Crippen molar-refractivity contribution in [2.24, 2.45) is 0 Å². The van der Waals surface area contributed by atoms with Gasteiger partial charge in [0.05, 0.1) is 33.2 Å². The fraction of sp³-hybridized carbons (Fsp3) is 0.294. The number of hydrogen-bond acceptors (Lipinski definition) is 8. The molecule has 3 aromatic heterocycles. The average molecular weight is 658 g/mol. The van der Waals surface area contributed by atoms with E-state index in [2.05, 4.69) is 37.0 Å². The van der Waals surface area contributed by atoms with Crippen LogP contribution in [0.15, 0.2) is 67.0 Å². The summed E-state index contributed by atoms with van der Waals surface area (Å²) in [4.78, 5) is 24.8. The van der Waals surface area contributed by atoms with Crippen molar-refractivity contribution in [3.63, 3.8) is 0 Å². The molecular formula is C34H34Cl2N8O2. The number of benzene rings is 2. The molecule has 46 heavy (non-hydrogen) atoms. The molecule has 2 aliphatic rings. The van der Waals surface area contributed by atoms with Crippen LogP contribution < -0.4 is 16.0 Å². The molecule has 236 valence electrons. The number of fused-ring (bicyclic) bond motifs is 2. The first-order valence-corrected chi connectivity index (χ1v) is 16.2. The third-order valence-corrected chi connectivity index (χ3v) is 9.52. The van der Waals surface area contributed by atoms with Crippen molar-refractivity contribution < 1.29 is 9.90 Å². The lowest BCUT2D eigenvalue weighted by atomic mass is 10.0. The second kappa shape index (κ2) is 13.0. The van der Waals surface area contributed by atoms with Gasteiger partial charge in [0.15, 0.2) is 11.5 Å². The minimum Gasteiger partial charge on any atom is -0.392 e. The Bertz CT molecular complexity index is 1930. The molecule has 0 aliphatic carbocycles. The smallest absolute Gasteiger partial charge is 0.276 e. The number of nitrogens with zero attached hydrogens (tertiary/aromatic N) is 5. The van der Waals surface area contributed by atoms with Crippen molar-refractivity contribution in [3.8, 4) is 11.1 Å². The molecule has 2 aliphatic heterocycles. The molecule has 0 radical (unpaired) electrons. The molecule has 12 heteroatoms. The van der Waals surface area contributed by atoms with Crippen molar-refractivity contribution in [1.82, 2.24) is 30.0 Å². The number of amides is 1. The molecule has 1 saturated heterocycles. The zero-order valence-corrected chi connectivity index (χ0v) is 26.8. The molecule has 5 aromatic rings. The van der Waals surface area contributed by atoms with E-state index in [1.165, 1.54) is 0 Å². The highest BCUT2D eigenvalue weighted by molar-refractivity contribution is 6.39. The number of halogens is 2. The molecular weight excluding hydrogens is 623 g/mol. The first-order valence-electron chi connectivity index (χ1n) is 15.4. The average Bonchev–Trinajstić information content (AvgIpc) is 3.69. The molecule has 1 amide bonds. The van der Waals surface area contributed by atoms with Crippen molar-refractivity contribution in [2.45, 2.75) is 44.5 Å². The van der Waals surface area contributed by atoms with E-state index in [0.29, 0.717) is 50.6 Å². The third-order valence-electron chi connectivity index (χ3n) is 8.71. The number of carbonyl (C=O) groups excluding carboxylic acids is 1. The molecule has 0 unspecified atom stereocenters. The van der Waals surface area contributed by atoms with Gasteiger partial charge in [-0.3, -0.25) is 19.4 Å². The molecule has 1 fully saturated rings. The molecule has 4 N–H and O–H groups in total. The highest BCUT2D eigenvalue weighted by Crippen LogP contribution is 2.41. The van der Waals surface area contributed by atoms with Crippen LogP contribution >= 0.6 is 23.2 Å². The summed E-state index contributed by atoms with van der Waals surface area (Å²) in [6, 6.07) is 17.2. The summed E-state index contributed by atoms with van der Waals surface area (Å²) in [7, 11) is 1.92. The van der Waals surface area contributed by atoms with Gasteiger partial charge in [-0.1, -0.05) is 47.5 Å². The Kier molecular flexibility index (Phi) is 8.63. The maximum Gasteiger partial charge on any atom is 0.276 e. The van der Waals surface area contributed by atoms with Gasteiger partial charge in [-0.05, 0) is 62.2 Å². The number of β-amino-alcohol motifs (C(OH)–C–C–N with tert-alkyl or cyclic N) is 1. The number of aryl methyl sites for hydroxylation is 1. The second-order valence-corrected chi connectivity index (χ2v) is 12.6. The zero-order chi connectivity index (χ0) is 31.8. The van der Waals surface area contributed by atoms with E-state index in [1.54, 1.807) is 12.3 Å². The number of aliphatic hydroxyl groups excluding tert-OH is 1. The lowest BCUT2D eigenvalue weighted by Gasteiger charge is -2.22. The summed E-state index contributed by atoms with van der Waals surface area (Å²) < 4.78 is 1.90. The van der Waals surface area contributed by atoms with Gasteiger partial charge in [-0.15, -0.1) is 0 Å². The third kappa shape index (κ3) is 6.06. The topological polar surface area (TPSA) is 120 Å². The summed E-state index contributed by atoms with van der Waals surface area (Å²) >= 11 is 13.9. The number of hydrogen-bond donors (Lipinski definition) is 4. The van der Waals surface area contributed by atoms with E-state index >= 15 is 0 Å². The Morgan fingerprint density at radius 3 is 2.54 bits per heavy atom. The number of aliphatic hydroxyl groups is 1. The summed E-state index contributed by atoms with van der Waals surface area (Å²) in [5, 5.41) is 25.8. The molecule has 0 saturated carbocycles. The Balaban J connectivity index is 1.12. The highest BCUT2D eigenvalue weighted by Gasteiger charge is 2.24. The highest BCUT2D eigenvalue weighted by atomic mass is 35.5. The van der Waals surface area contributed by atoms with Crippen molar-refractivity contribution in [3.05, 3.63) is 94.0 Å². The van der Waals surface area contributed by atoms with Crippen LogP contribution in [0.2, 0.25) is 10.0 Å². The van der Waals surface area contributed by atoms with Crippen LogP contribution in [0.3, 0.4) is 0 Å².